The first kappa shape index (κ1) is 16.5. The number of nitrogens with one attached hydrogen (secondary N) is 1. The molecule has 2 aromatic rings. The van der Waals surface area contributed by atoms with E-state index in [4.69, 9.17) is 4.98 Å². The molecule has 0 bridgehead atoms. The highest BCUT2D eigenvalue weighted by molar-refractivity contribution is 7.98. The zero-order valence-electron chi connectivity index (χ0n) is 12.9. The summed E-state index contributed by atoms with van der Waals surface area (Å²) in [5.41, 5.74) is 2.39. The highest BCUT2D eigenvalue weighted by Crippen LogP contribution is 2.30. The predicted molar refractivity (Wildman–Crippen MR) is 96.0 cm³/mol. The van der Waals surface area contributed by atoms with Crippen molar-refractivity contribution in [3.8, 4) is 11.3 Å². The molecule has 0 aliphatic rings. The van der Waals surface area contributed by atoms with Crippen LogP contribution in [0, 0.1) is 0 Å². The van der Waals surface area contributed by atoms with Gasteiger partial charge in [-0.15, -0.1) is 11.3 Å². The molecule has 1 N–H and O–H groups in total. The fourth-order valence-corrected chi connectivity index (χ4v) is 4.10. The third kappa shape index (κ3) is 5.13. The Morgan fingerprint density at radius 1 is 1.14 bits per heavy atom. The maximum atomic E-state index is 4.89. The van der Waals surface area contributed by atoms with Crippen LogP contribution in [0.5, 0.6) is 0 Å². The standard InChI is InChI=1S/C17H24N2S2/c1-3-10-18-12-15-17(14-8-6-5-7-9-14)19-16(21-15)13-20-11-4-2/h5-9,18H,3-4,10-13H2,1-2H3. The number of hydrogen-bond donors (Lipinski definition) is 1. The van der Waals surface area contributed by atoms with E-state index in [0.29, 0.717) is 0 Å². The van der Waals surface area contributed by atoms with Gasteiger partial charge in [0, 0.05) is 22.7 Å². The van der Waals surface area contributed by atoms with Crippen LogP contribution in [-0.4, -0.2) is 17.3 Å². The molecule has 4 heteroatoms. The third-order valence-corrected chi connectivity index (χ3v) is 5.49. The van der Waals surface area contributed by atoms with Gasteiger partial charge in [-0.2, -0.15) is 11.8 Å². The fraction of sp³-hybridized carbons (Fsp3) is 0.471. The molecule has 0 saturated carbocycles. The maximum Gasteiger partial charge on any atom is 0.103 e. The number of hydrogen-bond acceptors (Lipinski definition) is 4. The molecule has 1 heterocycles. The van der Waals surface area contributed by atoms with Gasteiger partial charge in [0.15, 0.2) is 0 Å². The second-order valence-electron chi connectivity index (χ2n) is 4.97. The average molecular weight is 321 g/mol. The number of nitrogens with zero attached hydrogens (tertiary/aromatic N) is 1. The Labute approximate surface area is 136 Å². The van der Waals surface area contributed by atoms with E-state index < -0.39 is 0 Å². The smallest absolute Gasteiger partial charge is 0.103 e. The Kier molecular flexibility index (Phi) is 7.27. The first-order valence-electron chi connectivity index (χ1n) is 7.67. The minimum atomic E-state index is 0.925. The third-order valence-electron chi connectivity index (χ3n) is 3.08. The van der Waals surface area contributed by atoms with E-state index in [1.807, 2.05) is 23.1 Å². The Hall–Kier alpha value is -0.840. The minimum absolute atomic E-state index is 0.925. The van der Waals surface area contributed by atoms with E-state index in [0.717, 1.165) is 24.5 Å². The number of aromatic nitrogens is 1. The molecule has 0 aliphatic carbocycles. The summed E-state index contributed by atoms with van der Waals surface area (Å²) in [4.78, 5) is 6.25. The summed E-state index contributed by atoms with van der Waals surface area (Å²) < 4.78 is 0. The summed E-state index contributed by atoms with van der Waals surface area (Å²) >= 11 is 3.84. The van der Waals surface area contributed by atoms with Crippen molar-refractivity contribution in [2.75, 3.05) is 12.3 Å². The Morgan fingerprint density at radius 3 is 2.67 bits per heavy atom. The van der Waals surface area contributed by atoms with E-state index >= 15 is 0 Å². The van der Waals surface area contributed by atoms with Crippen molar-refractivity contribution in [3.05, 3.63) is 40.2 Å². The van der Waals surface area contributed by atoms with Crippen molar-refractivity contribution in [1.29, 1.82) is 0 Å². The van der Waals surface area contributed by atoms with Crippen molar-refractivity contribution in [2.24, 2.45) is 0 Å². The maximum absolute atomic E-state index is 4.89. The summed E-state index contributed by atoms with van der Waals surface area (Å²) in [5.74, 6) is 2.25. The molecule has 0 amide bonds. The highest BCUT2D eigenvalue weighted by Gasteiger charge is 2.12. The van der Waals surface area contributed by atoms with Gasteiger partial charge < -0.3 is 5.32 Å². The van der Waals surface area contributed by atoms with Gasteiger partial charge in [0.05, 0.1) is 5.69 Å². The lowest BCUT2D eigenvalue weighted by Gasteiger charge is -2.03. The largest absolute Gasteiger partial charge is 0.312 e. The second kappa shape index (κ2) is 9.23. The molecular formula is C17H24N2S2. The molecule has 1 aromatic heterocycles. The zero-order valence-corrected chi connectivity index (χ0v) is 14.5. The Bertz CT molecular complexity index is 523. The molecule has 114 valence electrons. The van der Waals surface area contributed by atoms with Crippen molar-refractivity contribution in [1.82, 2.24) is 10.3 Å². The quantitative estimate of drug-likeness (QED) is 0.662. The molecule has 0 atom stereocenters. The number of thiazole rings is 1. The monoisotopic (exact) mass is 320 g/mol. The van der Waals surface area contributed by atoms with Gasteiger partial charge in [0.25, 0.3) is 0 Å². The second-order valence-corrected chi connectivity index (χ2v) is 7.25. The van der Waals surface area contributed by atoms with E-state index in [9.17, 15) is 0 Å². The summed E-state index contributed by atoms with van der Waals surface area (Å²) in [6.07, 6.45) is 2.39. The molecule has 0 aliphatic heterocycles. The molecule has 0 unspecified atom stereocenters. The highest BCUT2D eigenvalue weighted by atomic mass is 32.2. The summed E-state index contributed by atoms with van der Waals surface area (Å²) in [7, 11) is 0. The lowest BCUT2D eigenvalue weighted by atomic mass is 10.1. The summed E-state index contributed by atoms with van der Waals surface area (Å²) in [6.45, 7) is 6.41. The normalized spacial score (nSPS) is 11.0. The number of thioether (sulfide) groups is 1. The molecule has 0 saturated heterocycles. The molecule has 0 radical (unpaired) electrons. The van der Waals surface area contributed by atoms with Gasteiger partial charge >= 0.3 is 0 Å². The molecule has 0 spiro atoms. The summed E-state index contributed by atoms with van der Waals surface area (Å²) in [5, 5.41) is 4.76. The summed E-state index contributed by atoms with van der Waals surface area (Å²) in [6, 6.07) is 10.5. The van der Waals surface area contributed by atoms with Crippen molar-refractivity contribution in [2.45, 2.75) is 39.0 Å². The van der Waals surface area contributed by atoms with E-state index in [1.165, 1.54) is 34.0 Å². The van der Waals surface area contributed by atoms with Crippen LogP contribution in [-0.2, 0) is 12.3 Å². The first-order chi connectivity index (χ1) is 10.3. The Morgan fingerprint density at radius 2 is 1.95 bits per heavy atom. The van der Waals surface area contributed by atoms with Crippen molar-refractivity contribution in [3.63, 3.8) is 0 Å². The predicted octanol–water partition coefficient (Wildman–Crippen LogP) is 4.95. The Balaban J connectivity index is 2.15. The molecule has 0 fully saturated rings. The first-order valence-corrected chi connectivity index (χ1v) is 9.64. The fourth-order valence-electron chi connectivity index (χ4n) is 2.09. The lowest BCUT2D eigenvalue weighted by Crippen LogP contribution is -2.13. The molecule has 1 aromatic carbocycles. The van der Waals surface area contributed by atoms with Gasteiger partial charge in [-0.1, -0.05) is 44.2 Å². The SMILES string of the molecule is CCCNCc1sc(CSCCC)nc1-c1ccccc1. The number of benzene rings is 1. The van der Waals surface area contributed by atoms with E-state index in [2.05, 4.69) is 49.5 Å². The molecule has 2 nitrogen and oxygen atoms in total. The van der Waals surface area contributed by atoms with Crippen LogP contribution in [0.1, 0.15) is 36.6 Å². The lowest BCUT2D eigenvalue weighted by molar-refractivity contribution is 0.681. The van der Waals surface area contributed by atoms with Crippen molar-refractivity contribution >= 4 is 23.1 Å². The number of rotatable bonds is 9. The topological polar surface area (TPSA) is 24.9 Å². The minimum Gasteiger partial charge on any atom is -0.312 e. The van der Waals surface area contributed by atoms with Gasteiger partial charge in [0.2, 0.25) is 0 Å². The van der Waals surface area contributed by atoms with Crippen LogP contribution in [0.3, 0.4) is 0 Å². The van der Waals surface area contributed by atoms with Gasteiger partial charge in [0.1, 0.15) is 5.01 Å². The molecule has 21 heavy (non-hydrogen) atoms. The van der Waals surface area contributed by atoms with Crippen LogP contribution in [0.25, 0.3) is 11.3 Å². The van der Waals surface area contributed by atoms with Gasteiger partial charge in [-0.3, -0.25) is 0 Å². The van der Waals surface area contributed by atoms with E-state index in [1.54, 1.807) is 0 Å². The average Bonchev–Trinajstić information content (AvgIpc) is 2.92. The van der Waals surface area contributed by atoms with Gasteiger partial charge in [-0.05, 0) is 25.1 Å². The molecular weight excluding hydrogens is 296 g/mol. The van der Waals surface area contributed by atoms with E-state index in [-0.39, 0.29) is 0 Å². The van der Waals surface area contributed by atoms with Crippen LogP contribution in [0.2, 0.25) is 0 Å². The van der Waals surface area contributed by atoms with Crippen molar-refractivity contribution < 1.29 is 0 Å². The van der Waals surface area contributed by atoms with Crippen LogP contribution in [0.15, 0.2) is 30.3 Å². The molecule has 2 rings (SSSR count). The van der Waals surface area contributed by atoms with Crippen LogP contribution in [0.4, 0.5) is 0 Å². The van der Waals surface area contributed by atoms with Crippen LogP contribution >= 0.6 is 23.1 Å². The van der Waals surface area contributed by atoms with Gasteiger partial charge in [-0.25, -0.2) is 4.98 Å². The van der Waals surface area contributed by atoms with Crippen LogP contribution < -0.4 is 5.32 Å². The zero-order chi connectivity index (χ0) is 14.9.